The molecule has 6 nitrogen and oxygen atoms in total. The van der Waals surface area contributed by atoms with Gasteiger partial charge in [-0.2, -0.15) is 0 Å². The van der Waals surface area contributed by atoms with Crippen LogP contribution in [0, 0.1) is 0 Å². The number of nitrogens with one attached hydrogen (secondary N) is 2. The summed E-state index contributed by atoms with van der Waals surface area (Å²) in [5.74, 6) is 0.728. The molecule has 1 aliphatic rings. The summed E-state index contributed by atoms with van der Waals surface area (Å²) in [6.45, 7) is 3.93. The summed E-state index contributed by atoms with van der Waals surface area (Å²) in [5, 5.41) is 5.03. The van der Waals surface area contributed by atoms with E-state index in [0.29, 0.717) is 11.2 Å². The van der Waals surface area contributed by atoms with Crippen molar-refractivity contribution in [3.8, 4) is 0 Å². The van der Waals surface area contributed by atoms with E-state index < -0.39 is 0 Å². The minimum absolute atomic E-state index is 0.0416. The predicted octanol–water partition coefficient (Wildman–Crippen LogP) is 0.405. The van der Waals surface area contributed by atoms with Gasteiger partial charge < -0.3 is 15.0 Å². The highest BCUT2D eigenvalue weighted by Crippen LogP contribution is 2.14. The average Bonchev–Trinajstić information content (AvgIpc) is 2.88. The van der Waals surface area contributed by atoms with Gasteiger partial charge in [0, 0.05) is 19.6 Å². The number of fused-ring (bicyclic) bond motifs is 1. The number of thiophene rings is 1. The molecule has 7 heteroatoms. The Kier molecular flexibility index (Phi) is 4.11. The molecule has 1 atom stereocenters. The highest BCUT2D eigenvalue weighted by molar-refractivity contribution is 7.17. The van der Waals surface area contributed by atoms with Gasteiger partial charge in [-0.3, -0.25) is 9.69 Å². The average molecular weight is 294 g/mol. The molecule has 1 aliphatic heterocycles. The molecule has 20 heavy (non-hydrogen) atoms. The first kappa shape index (κ1) is 13.7. The molecule has 3 heterocycles. The van der Waals surface area contributed by atoms with E-state index in [2.05, 4.69) is 20.2 Å². The smallest absolute Gasteiger partial charge is 0.268 e. The number of rotatable bonds is 4. The first-order chi connectivity index (χ1) is 9.76. The van der Waals surface area contributed by atoms with Crippen molar-refractivity contribution in [3.05, 3.63) is 27.6 Å². The molecule has 2 N–H and O–H groups in total. The fraction of sp³-hybridized carbons (Fsp3) is 0.538. The van der Waals surface area contributed by atoms with Gasteiger partial charge in [-0.15, -0.1) is 11.3 Å². The van der Waals surface area contributed by atoms with Crippen LogP contribution < -0.4 is 10.9 Å². The maximum Gasteiger partial charge on any atom is 0.268 e. The van der Waals surface area contributed by atoms with Crippen LogP contribution in [-0.2, 0) is 11.3 Å². The summed E-state index contributed by atoms with van der Waals surface area (Å²) in [6.07, 6.45) is 0.199. The minimum atomic E-state index is -0.0416. The molecule has 0 amide bonds. The molecule has 0 radical (unpaired) electrons. The zero-order valence-electron chi connectivity index (χ0n) is 11.4. The molecule has 0 aromatic carbocycles. The van der Waals surface area contributed by atoms with Crippen LogP contribution >= 0.6 is 11.3 Å². The van der Waals surface area contributed by atoms with Gasteiger partial charge in [-0.05, 0) is 18.5 Å². The predicted molar refractivity (Wildman–Crippen MR) is 79.2 cm³/mol. The van der Waals surface area contributed by atoms with Gasteiger partial charge in [0.15, 0.2) is 0 Å². The molecule has 0 aliphatic carbocycles. The zero-order chi connectivity index (χ0) is 13.9. The Balaban J connectivity index is 1.73. The van der Waals surface area contributed by atoms with Crippen molar-refractivity contribution in [2.45, 2.75) is 12.6 Å². The zero-order valence-corrected chi connectivity index (χ0v) is 12.2. The first-order valence-electron chi connectivity index (χ1n) is 6.71. The Hall–Kier alpha value is -1.28. The first-order valence-corrected chi connectivity index (χ1v) is 7.59. The van der Waals surface area contributed by atoms with E-state index in [-0.39, 0.29) is 11.7 Å². The van der Waals surface area contributed by atoms with E-state index in [9.17, 15) is 4.79 Å². The van der Waals surface area contributed by atoms with Crippen molar-refractivity contribution in [2.75, 3.05) is 33.3 Å². The largest absolute Gasteiger partial charge is 0.374 e. The number of H-pyrrole nitrogens is 1. The second-order valence-corrected chi connectivity index (χ2v) is 5.85. The SMILES string of the molecule is CNCC1CN(Cc2nc3ccsc3c(=O)[nH]2)CCO1. The summed E-state index contributed by atoms with van der Waals surface area (Å²) in [5.41, 5.74) is 0.744. The molecule has 2 aromatic heterocycles. The van der Waals surface area contributed by atoms with Crippen molar-refractivity contribution in [1.82, 2.24) is 20.2 Å². The summed E-state index contributed by atoms with van der Waals surface area (Å²) in [7, 11) is 1.92. The lowest BCUT2D eigenvalue weighted by Crippen LogP contribution is -2.46. The van der Waals surface area contributed by atoms with Crippen LogP contribution in [-0.4, -0.2) is 54.3 Å². The van der Waals surface area contributed by atoms with Crippen molar-refractivity contribution < 1.29 is 4.74 Å². The Morgan fingerprint density at radius 1 is 1.65 bits per heavy atom. The second kappa shape index (κ2) is 6.01. The van der Waals surface area contributed by atoms with Crippen LogP contribution in [0.5, 0.6) is 0 Å². The van der Waals surface area contributed by atoms with Gasteiger partial charge in [0.1, 0.15) is 10.5 Å². The van der Waals surface area contributed by atoms with Crippen LogP contribution in [0.15, 0.2) is 16.2 Å². The Morgan fingerprint density at radius 3 is 3.40 bits per heavy atom. The molecule has 0 saturated carbocycles. The fourth-order valence-corrected chi connectivity index (χ4v) is 3.21. The van der Waals surface area contributed by atoms with Crippen LogP contribution in [0.3, 0.4) is 0 Å². The van der Waals surface area contributed by atoms with E-state index >= 15 is 0 Å². The van der Waals surface area contributed by atoms with Gasteiger partial charge in [-0.1, -0.05) is 0 Å². The van der Waals surface area contributed by atoms with Crippen molar-refractivity contribution in [1.29, 1.82) is 0 Å². The van der Waals surface area contributed by atoms with Gasteiger partial charge in [-0.25, -0.2) is 4.98 Å². The lowest BCUT2D eigenvalue weighted by atomic mass is 10.2. The maximum absolute atomic E-state index is 11.9. The lowest BCUT2D eigenvalue weighted by Gasteiger charge is -2.32. The van der Waals surface area contributed by atoms with Crippen LogP contribution in [0.2, 0.25) is 0 Å². The van der Waals surface area contributed by atoms with E-state index in [0.717, 1.165) is 37.6 Å². The van der Waals surface area contributed by atoms with Crippen molar-refractivity contribution >= 4 is 21.6 Å². The number of hydrogen-bond donors (Lipinski definition) is 2. The number of aromatic nitrogens is 2. The third-order valence-electron chi connectivity index (χ3n) is 3.39. The summed E-state index contributed by atoms with van der Waals surface area (Å²) in [4.78, 5) is 21.6. The van der Waals surface area contributed by atoms with Gasteiger partial charge in [0.05, 0.1) is 24.8 Å². The third-order valence-corrected chi connectivity index (χ3v) is 4.29. The topological polar surface area (TPSA) is 70.2 Å². The van der Waals surface area contributed by atoms with E-state index in [1.165, 1.54) is 11.3 Å². The Bertz CT molecular complexity index is 637. The van der Waals surface area contributed by atoms with Crippen LogP contribution in [0.25, 0.3) is 10.2 Å². The molecule has 2 aromatic rings. The monoisotopic (exact) mass is 294 g/mol. The number of nitrogens with zero attached hydrogens (tertiary/aromatic N) is 2. The van der Waals surface area contributed by atoms with Gasteiger partial charge >= 0.3 is 0 Å². The molecule has 0 spiro atoms. The molecule has 0 bridgehead atoms. The van der Waals surface area contributed by atoms with E-state index in [1.54, 1.807) is 0 Å². The lowest BCUT2D eigenvalue weighted by molar-refractivity contribution is -0.0298. The quantitative estimate of drug-likeness (QED) is 0.854. The van der Waals surface area contributed by atoms with Crippen molar-refractivity contribution in [2.24, 2.45) is 0 Å². The molecule has 108 valence electrons. The number of morpholine rings is 1. The third kappa shape index (κ3) is 2.90. The van der Waals surface area contributed by atoms with Crippen molar-refractivity contribution in [3.63, 3.8) is 0 Å². The standard InChI is InChI=1S/C13H18N4O2S/c1-14-6-9-7-17(3-4-19-9)8-11-15-10-2-5-20-12(10)13(18)16-11/h2,5,9,14H,3-4,6-8H2,1H3,(H,15,16,18). The number of likely N-dealkylation sites (N-methyl/N-ethyl adjacent to an activating group) is 1. The molecule has 1 fully saturated rings. The second-order valence-electron chi connectivity index (χ2n) is 4.93. The minimum Gasteiger partial charge on any atom is -0.374 e. The molecule has 1 unspecified atom stereocenters. The summed E-state index contributed by atoms with van der Waals surface area (Å²) < 4.78 is 6.37. The molecular weight excluding hydrogens is 276 g/mol. The summed E-state index contributed by atoms with van der Waals surface area (Å²) >= 11 is 1.43. The normalized spacial score (nSPS) is 20.6. The highest BCUT2D eigenvalue weighted by atomic mass is 32.1. The van der Waals surface area contributed by atoms with Crippen LogP contribution in [0.1, 0.15) is 5.82 Å². The fourth-order valence-electron chi connectivity index (χ4n) is 2.48. The van der Waals surface area contributed by atoms with E-state index in [1.807, 2.05) is 18.5 Å². The molecule has 1 saturated heterocycles. The Labute approximate surface area is 120 Å². The van der Waals surface area contributed by atoms with Gasteiger partial charge in [0.2, 0.25) is 0 Å². The van der Waals surface area contributed by atoms with Crippen LogP contribution in [0.4, 0.5) is 0 Å². The van der Waals surface area contributed by atoms with Gasteiger partial charge in [0.25, 0.3) is 5.56 Å². The molecule has 3 rings (SSSR count). The highest BCUT2D eigenvalue weighted by Gasteiger charge is 2.20. The number of ether oxygens (including phenoxy) is 1. The Morgan fingerprint density at radius 2 is 2.55 bits per heavy atom. The number of aromatic amines is 1. The number of hydrogen-bond acceptors (Lipinski definition) is 6. The van der Waals surface area contributed by atoms with E-state index in [4.69, 9.17) is 4.74 Å². The maximum atomic E-state index is 11.9. The summed E-state index contributed by atoms with van der Waals surface area (Å²) in [6, 6.07) is 1.89. The molecular formula is C13H18N4O2S.